The Hall–Kier alpha value is -2.74. The van der Waals surface area contributed by atoms with Crippen LogP contribution in [0.15, 0.2) is 16.7 Å². The third-order valence-corrected chi connectivity index (χ3v) is 14.6. The molecule has 1 aliphatic rings. The van der Waals surface area contributed by atoms with Crippen molar-refractivity contribution >= 4 is 43.1 Å². The molecule has 1 fully saturated rings. The van der Waals surface area contributed by atoms with Crippen molar-refractivity contribution in [3.63, 3.8) is 0 Å². The van der Waals surface area contributed by atoms with Gasteiger partial charge in [0.15, 0.2) is 25.5 Å². The van der Waals surface area contributed by atoms with E-state index in [0.717, 1.165) is 31.4 Å². The molecule has 2 aromatic heterocycles. The summed E-state index contributed by atoms with van der Waals surface area (Å²) in [6.07, 6.45) is 5.74. The Morgan fingerprint density at radius 3 is 1.82 bits per heavy atom. The normalized spacial score (nSPS) is 15.7. The molecule has 0 aromatic carbocycles. The molecular weight excluding hydrogens is 667 g/mol. The molecule has 280 valence electrons. The molecule has 2 heterocycles. The van der Waals surface area contributed by atoms with Crippen LogP contribution in [0.5, 0.6) is 0 Å². The molecule has 0 bridgehead atoms. The van der Waals surface area contributed by atoms with Crippen LogP contribution in [-0.2, 0) is 47.1 Å². The number of carbonyl (C=O) groups is 2. The largest absolute Gasteiger partial charge is 0.359 e. The topological polar surface area (TPSA) is 170 Å². The van der Waals surface area contributed by atoms with Crippen molar-refractivity contribution in [1.82, 2.24) is 14.9 Å². The zero-order valence-electron chi connectivity index (χ0n) is 32.0. The first-order valence-electron chi connectivity index (χ1n) is 17.2. The molecule has 49 heavy (non-hydrogen) atoms. The molecule has 14 heteroatoms. The number of nitrogens with one attached hydrogen (secondary N) is 2. The van der Waals surface area contributed by atoms with Gasteiger partial charge in [-0.3, -0.25) is 14.3 Å². The van der Waals surface area contributed by atoms with Gasteiger partial charge in [0.25, 0.3) is 0 Å². The maximum atomic E-state index is 13.1. The van der Waals surface area contributed by atoms with Gasteiger partial charge in [0.2, 0.25) is 11.8 Å². The molecule has 0 unspecified atom stereocenters. The Morgan fingerprint density at radius 2 is 1.37 bits per heavy atom. The highest BCUT2D eigenvalue weighted by molar-refractivity contribution is 7.94. The van der Waals surface area contributed by atoms with E-state index in [2.05, 4.69) is 20.9 Å². The average Bonchev–Trinajstić information content (AvgIpc) is 3.48. The van der Waals surface area contributed by atoms with E-state index in [1.54, 1.807) is 23.9 Å². The smallest absolute Gasteiger partial charge is 0.246 e. The second kappa shape index (κ2) is 15.7. The van der Waals surface area contributed by atoms with E-state index >= 15 is 0 Å². The zero-order chi connectivity index (χ0) is 37.8. The van der Waals surface area contributed by atoms with Crippen LogP contribution in [0.4, 0.5) is 11.6 Å². The monoisotopic (exact) mass is 727 g/mol. The van der Waals surface area contributed by atoms with Crippen LogP contribution in [0.1, 0.15) is 139 Å². The van der Waals surface area contributed by atoms with Crippen LogP contribution >= 0.6 is 0 Å². The number of sulfone groups is 2. The lowest BCUT2D eigenvalue weighted by Crippen LogP contribution is -2.48. The van der Waals surface area contributed by atoms with Gasteiger partial charge in [-0.05, 0) is 52.9 Å². The van der Waals surface area contributed by atoms with Crippen molar-refractivity contribution in [3.8, 4) is 0 Å². The van der Waals surface area contributed by atoms with E-state index in [0.29, 0.717) is 30.8 Å². The number of aryl methyl sites for hydroxylation is 1. The Bertz CT molecular complexity index is 1650. The lowest BCUT2D eigenvalue weighted by molar-refractivity contribution is -0.118. The zero-order valence-corrected chi connectivity index (χ0v) is 33.6. The Kier molecular flexibility index (Phi) is 13.6. The molecule has 3 rings (SSSR count). The summed E-state index contributed by atoms with van der Waals surface area (Å²) in [6, 6.07) is 3.43. The number of hydrogen-bond donors (Lipinski definition) is 2. The first-order chi connectivity index (χ1) is 22.1. The molecule has 0 spiro atoms. The van der Waals surface area contributed by atoms with Gasteiger partial charge in [-0.2, -0.15) is 5.10 Å². The minimum atomic E-state index is -3.60. The lowest BCUT2D eigenvalue weighted by Gasteiger charge is -2.28. The predicted octanol–water partition coefficient (Wildman–Crippen LogP) is 6.72. The van der Waals surface area contributed by atoms with Crippen molar-refractivity contribution in [2.75, 3.05) is 16.4 Å². The lowest BCUT2D eigenvalue weighted by atomic mass is 9.92. The molecule has 2 aromatic rings. The summed E-state index contributed by atoms with van der Waals surface area (Å²) in [5, 5.41) is 13.1. The minimum Gasteiger partial charge on any atom is -0.359 e. The van der Waals surface area contributed by atoms with Crippen LogP contribution in [-0.4, -0.2) is 64.1 Å². The van der Waals surface area contributed by atoms with Crippen molar-refractivity contribution in [1.29, 1.82) is 0 Å². The number of aromatic nitrogens is 3. The Labute approximate surface area is 294 Å². The summed E-state index contributed by atoms with van der Waals surface area (Å²) in [6.45, 7) is 21.8. The first-order valence-corrected chi connectivity index (χ1v) is 20.4. The fourth-order valence-corrected chi connectivity index (χ4v) is 8.78. The van der Waals surface area contributed by atoms with Crippen LogP contribution in [0.3, 0.4) is 0 Å². The van der Waals surface area contributed by atoms with Gasteiger partial charge in [-0.15, -0.1) is 0 Å². The van der Waals surface area contributed by atoms with Crippen molar-refractivity contribution < 1.29 is 30.9 Å². The predicted molar refractivity (Wildman–Crippen MR) is 196 cm³/mol. The van der Waals surface area contributed by atoms with E-state index in [1.165, 1.54) is 27.7 Å². The van der Waals surface area contributed by atoms with Gasteiger partial charge in [0.1, 0.15) is 21.1 Å². The van der Waals surface area contributed by atoms with Crippen LogP contribution < -0.4 is 10.6 Å². The number of amides is 2. The molecule has 0 aliphatic heterocycles. The Balaban J connectivity index is 0.000000341. The van der Waals surface area contributed by atoms with E-state index in [1.807, 2.05) is 55.4 Å². The molecular formula is C35H61N5O7S2. The summed E-state index contributed by atoms with van der Waals surface area (Å²) in [4.78, 5) is 25.3. The molecule has 12 nitrogen and oxygen atoms in total. The number of anilines is 2. The molecule has 0 saturated heterocycles. The second-order valence-corrected chi connectivity index (χ2v) is 22.1. The Morgan fingerprint density at radius 1 is 0.837 bits per heavy atom. The molecule has 0 atom stereocenters. The highest BCUT2D eigenvalue weighted by Crippen LogP contribution is 2.32. The van der Waals surface area contributed by atoms with Gasteiger partial charge in [0.05, 0.1) is 16.7 Å². The summed E-state index contributed by atoms with van der Waals surface area (Å²) in [5.74, 6) is 0.553. The standard InChI is InChI=1S/C18H30N2O4S.C17H31N3O3S/c1-17(2,3)14-12-15(20-24-14)19-16(21)18(4,5)25(22,23)13-10-8-6-7-9-11-13;1-12(2)9-10-24(22,23)17(6,7)15(21)18-14-11-13(16(3,4)5)19-20(14)8/h12-13H,6-11H2,1-5H3,(H,19,20,21);11-12H,9-10H2,1-8H3,(H,18,21). The quantitative estimate of drug-likeness (QED) is 0.252. The summed E-state index contributed by atoms with van der Waals surface area (Å²) in [7, 11) is -5.42. The van der Waals surface area contributed by atoms with Crippen molar-refractivity contribution in [2.24, 2.45) is 13.0 Å². The third-order valence-electron chi connectivity index (χ3n) is 9.17. The number of hydrogen-bond acceptors (Lipinski definition) is 9. The van der Waals surface area contributed by atoms with Gasteiger partial charge >= 0.3 is 0 Å². The average molecular weight is 728 g/mol. The number of nitrogens with zero attached hydrogens (tertiary/aromatic N) is 3. The number of carbonyl (C=O) groups excluding carboxylic acids is 2. The molecule has 1 saturated carbocycles. The maximum absolute atomic E-state index is 13.1. The van der Waals surface area contributed by atoms with E-state index < -0.39 is 46.2 Å². The highest BCUT2D eigenvalue weighted by atomic mass is 32.2. The molecule has 2 amide bonds. The number of rotatable bonds is 10. The van der Waals surface area contributed by atoms with E-state index in [9.17, 15) is 26.4 Å². The second-order valence-electron chi connectivity index (χ2n) is 16.7. The van der Waals surface area contributed by atoms with E-state index in [-0.39, 0.29) is 28.3 Å². The van der Waals surface area contributed by atoms with Crippen molar-refractivity contribution in [2.45, 2.75) is 154 Å². The maximum Gasteiger partial charge on any atom is 0.246 e. The van der Waals surface area contributed by atoms with E-state index in [4.69, 9.17) is 4.52 Å². The van der Waals surface area contributed by atoms with Gasteiger partial charge in [0, 0.05) is 30.0 Å². The first kappa shape index (κ1) is 42.4. The fraction of sp³-hybridized carbons (Fsp3) is 0.771. The van der Waals surface area contributed by atoms with Crippen LogP contribution in [0.2, 0.25) is 0 Å². The van der Waals surface area contributed by atoms with Crippen LogP contribution in [0.25, 0.3) is 0 Å². The summed E-state index contributed by atoms with van der Waals surface area (Å²) in [5.41, 5.74) is 0.443. The molecule has 0 radical (unpaired) electrons. The molecule has 2 N–H and O–H groups in total. The van der Waals surface area contributed by atoms with Crippen molar-refractivity contribution in [3.05, 3.63) is 23.6 Å². The van der Waals surface area contributed by atoms with Gasteiger partial charge in [-0.25, -0.2) is 16.8 Å². The fourth-order valence-electron chi connectivity index (χ4n) is 5.06. The van der Waals surface area contributed by atoms with Gasteiger partial charge in [-0.1, -0.05) is 86.2 Å². The van der Waals surface area contributed by atoms with Gasteiger partial charge < -0.3 is 15.2 Å². The highest BCUT2D eigenvalue weighted by Gasteiger charge is 2.46. The summed E-state index contributed by atoms with van der Waals surface area (Å²) < 4.78 is 55.0. The summed E-state index contributed by atoms with van der Waals surface area (Å²) >= 11 is 0. The van der Waals surface area contributed by atoms with Crippen LogP contribution in [0, 0.1) is 5.92 Å². The third kappa shape index (κ3) is 10.6. The SMILES string of the molecule is CC(C)(C)c1cc(NC(=O)C(C)(C)S(=O)(=O)C2CCCCCC2)no1.CC(C)CCS(=O)(=O)C(C)(C)C(=O)Nc1cc(C(C)(C)C)nn1C. The minimum absolute atomic E-state index is 0.00369. The molecule has 1 aliphatic carbocycles.